The van der Waals surface area contributed by atoms with Gasteiger partial charge in [-0.15, -0.1) is 0 Å². The zero-order chi connectivity index (χ0) is 17.6. The molecule has 5 heteroatoms. The Morgan fingerprint density at radius 3 is 2.72 bits per heavy atom. The number of hydrogen-bond acceptors (Lipinski definition) is 3. The molecule has 2 saturated heterocycles. The number of ether oxygens (including phenoxy) is 1. The van der Waals surface area contributed by atoms with Crippen LogP contribution in [0.2, 0.25) is 0 Å². The van der Waals surface area contributed by atoms with Crippen molar-refractivity contribution in [1.82, 2.24) is 9.80 Å². The zero-order valence-electron chi connectivity index (χ0n) is 15.1. The van der Waals surface area contributed by atoms with E-state index in [2.05, 4.69) is 4.90 Å². The van der Waals surface area contributed by atoms with Crippen LogP contribution in [0.5, 0.6) is 0 Å². The average molecular weight is 348 g/mol. The number of carbonyl (C=O) groups excluding carboxylic acids is 1. The number of nitrogens with zero attached hydrogens (tertiary/aromatic N) is 2. The first-order valence-corrected chi connectivity index (χ1v) is 9.46. The van der Waals surface area contributed by atoms with Crippen molar-refractivity contribution < 1.29 is 13.9 Å². The summed E-state index contributed by atoms with van der Waals surface area (Å²) in [6, 6.07) is 7.03. The van der Waals surface area contributed by atoms with Crippen molar-refractivity contribution in [1.29, 1.82) is 0 Å². The molecule has 2 fully saturated rings. The third kappa shape index (κ3) is 5.02. The highest BCUT2D eigenvalue weighted by Crippen LogP contribution is 2.21. The molecule has 0 saturated carbocycles. The Bertz CT molecular complexity index is 567. The predicted molar refractivity (Wildman–Crippen MR) is 95.9 cm³/mol. The van der Waals surface area contributed by atoms with E-state index in [0.29, 0.717) is 12.5 Å². The summed E-state index contributed by atoms with van der Waals surface area (Å²) in [5.74, 6) is 0.589. The third-order valence-electron chi connectivity index (χ3n) is 5.48. The molecule has 0 aromatic heterocycles. The Morgan fingerprint density at radius 1 is 1.28 bits per heavy atom. The summed E-state index contributed by atoms with van der Waals surface area (Å²) in [6.45, 7) is 4.49. The second kappa shape index (κ2) is 8.77. The highest BCUT2D eigenvalue weighted by Gasteiger charge is 2.28. The average Bonchev–Trinajstić information content (AvgIpc) is 3.16. The van der Waals surface area contributed by atoms with E-state index in [4.69, 9.17) is 4.74 Å². The lowest BCUT2D eigenvalue weighted by molar-refractivity contribution is -0.140. The number of hydrogen-bond donors (Lipinski definition) is 0. The van der Waals surface area contributed by atoms with Gasteiger partial charge in [0.2, 0.25) is 0 Å². The summed E-state index contributed by atoms with van der Waals surface area (Å²) in [5, 5.41) is 0. The van der Waals surface area contributed by atoms with Crippen molar-refractivity contribution in [3.8, 4) is 0 Å². The van der Waals surface area contributed by atoms with Crippen LogP contribution in [0.25, 0.3) is 0 Å². The van der Waals surface area contributed by atoms with E-state index in [-0.39, 0.29) is 17.8 Å². The molecule has 1 amide bonds. The molecule has 2 aliphatic heterocycles. The van der Waals surface area contributed by atoms with Gasteiger partial charge in [-0.05, 0) is 62.7 Å². The number of amides is 1. The number of rotatable bonds is 6. The van der Waals surface area contributed by atoms with Gasteiger partial charge in [0.1, 0.15) is 11.9 Å². The number of benzene rings is 1. The molecule has 2 aliphatic rings. The van der Waals surface area contributed by atoms with Gasteiger partial charge in [0.05, 0.1) is 0 Å². The van der Waals surface area contributed by atoms with Crippen LogP contribution in [0.15, 0.2) is 24.3 Å². The normalized spacial score (nSPS) is 22.2. The largest absolute Gasteiger partial charge is 0.368 e. The standard InChI is InChI=1S/C20H29FN2O2/c1-22(20(24)19-7-4-14-25-19)15-16-8-11-23(12-9-16)13-10-17-5-2-3-6-18(17)21/h2-3,5-6,16,19H,4,7-15H2,1H3. The summed E-state index contributed by atoms with van der Waals surface area (Å²) in [4.78, 5) is 16.6. The van der Waals surface area contributed by atoms with E-state index < -0.39 is 0 Å². The van der Waals surface area contributed by atoms with Gasteiger partial charge in [-0.25, -0.2) is 4.39 Å². The molecule has 1 aromatic carbocycles. The van der Waals surface area contributed by atoms with Gasteiger partial charge < -0.3 is 14.5 Å². The van der Waals surface area contributed by atoms with Crippen LogP contribution in [-0.2, 0) is 16.0 Å². The van der Waals surface area contributed by atoms with Gasteiger partial charge in [0.15, 0.2) is 0 Å². The van der Waals surface area contributed by atoms with Crippen molar-refractivity contribution in [2.75, 3.05) is 39.8 Å². The molecule has 1 aromatic rings. The van der Waals surface area contributed by atoms with Gasteiger partial charge in [-0.1, -0.05) is 18.2 Å². The molecule has 25 heavy (non-hydrogen) atoms. The van der Waals surface area contributed by atoms with Crippen molar-refractivity contribution in [2.45, 2.75) is 38.2 Å². The summed E-state index contributed by atoms with van der Waals surface area (Å²) in [7, 11) is 1.90. The van der Waals surface area contributed by atoms with E-state index in [0.717, 1.165) is 63.8 Å². The van der Waals surface area contributed by atoms with Crippen molar-refractivity contribution in [3.63, 3.8) is 0 Å². The van der Waals surface area contributed by atoms with E-state index in [1.807, 2.05) is 24.1 Å². The van der Waals surface area contributed by atoms with Crippen LogP contribution < -0.4 is 0 Å². The molecule has 0 spiro atoms. The molecule has 0 radical (unpaired) electrons. The number of carbonyl (C=O) groups is 1. The van der Waals surface area contributed by atoms with E-state index in [9.17, 15) is 9.18 Å². The SMILES string of the molecule is CN(CC1CCN(CCc2ccccc2F)CC1)C(=O)C1CCCO1. The van der Waals surface area contributed by atoms with Gasteiger partial charge >= 0.3 is 0 Å². The number of piperidine rings is 1. The van der Waals surface area contributed by atoms with E-state index in [1.54, 1.807) is 6.07 Å². The molecule has 0 bridgehead atoms. The monoisotopic (exact) mass is 348 g/mol. The topological polar surface area (TPSA) is 32.8 Å². The van der Waals surface area contributed by atoms with E-state index >= 15 is 0 Å². The fraction of sp³-hybridized carbons (Fsp3) is 0.650. The maximum atomic E-state index is 13.7. The molecular weight excluding hydrogens is 319 g/mol. The van der Waals surface area contributed by atoms with Gasteiger partial charge in [0, 0.05) is 26.7 Å². The molecule has 2 heterocycles. The number of likely N-dealkylation sites (N-methyl/N-ethyl adjacent to an activating group) is 1. The van der Waals surface area contributed by atoms with Gasteiger partial charge in [0.25, 0.3) is 5.91 Å². The lowest BCUT2D eigenvalue weighted by Gasteiger charge is -2.34. The molecule has 0 N–H and O–H groups in total. The molecule has 3 rings (SSSR count). The number of likely N-dealkylation sites (tertiary alicyclic amines) is 1. The fourth-order valence-electron chi connectivity index (χ4n) is 3.87. The van der Waals surface area contributed by atoms with Crippen molar-refractivity contribution in [3.05, 3.63) is 35.6 Å². The quantitative estimate of drug-likeness (QED) is 0.792. The highest BCUT2D eigenvalue weighted by atomic mass is 19.1. The minimum absolute atomic E-state index is 0.105. The number of halogens is 1. The first-order chi connectivity index (χ1) is 12.1. The Kier molecular flexibility index (Phi) is 6.43. The lowest BCUT2D eigenvalue weighted by atomic mass is 9.95. The molecule has 1 atom stereocenters. The van der Waals surface area contributed by atoms with Crippen LogP contribution in [0.4, 0.5) is 4.39 Å². The van der Waals surface area contributed by atoms with Crippen LogP contribution >= 0.6 is 0 Å². The predicted octanol–water partition coefficient (Wildman–Crippen LogP) is 2.72. The van der Waals surface area contributed by atoms with Crippen LogP contribution in [0.3, 0.4) is 0 Å². The highest BCUT2D eigenvalue weighted by molar-refractivity contribution is 5.80. The second-order valence-corrected chi connectivity index (χ2v) is 7.35. The minimum Gasteiger partial charge on any atom is -0.368 e. The lowest BCUT2D eigenvalue weighted by Crippen LogP contribution is -2.42. The molecule has 1 unspecified atom stereocenters. The minimum atomic E-state index is -0.217. The van der Waals surface area contributed by atoms with Crippen LogP contribution in [0, 0.1) is 11.7 Å². The summed E-state index contributed by atoms with van der Waals surface area (Å²) in [6.07, 6.45) is 4.59. The zero-order valence-corrected chi connectivity index (χ0v) is 15.1. The maximum Gasteiger partial charge on any atom is 0.251 e. The summed E-state index contributed by atoms with van der Waals surface area (Å²) in [5.41, 5.74) is 0.798. The summed E-state index contributed by atoms with van der Waals surface area (Å²) < 4.78 is 19.2. The van der Waals surface area contributed by atoms with Crippen molar-refractivity contribution >= 4 is 5.91 Å². The van der Waals surface area contributed by atoms with Crippen LogP contribution in [0.1, 0.15) is 31.2 Å². The maximum absolute atomic E-state index is 13.7. The Balaban J connectivity index is 1.38. The molecule has 4 nitrogen and oxygen atoms in total. The third-order valence-corrected chi connectivity index (χ3v) is 5.48. The molecule has 138 valence electrons. The van der Waals surface area contributed by atoms with Gasteiger partial charge in [-0.2, -0.15) is 0 Å². The van der Waals surface area contributed by atoms with E-state index in [1.165, 1.54) is 6.07 Å². The molecule has 0 aliphatic carbocycles. The fourth-order valence-corrected chi connectivity index (χ4v) is 3.87. The van der Waals surface area contributed by atoms with Gasteiger partial charge in [-0.3, -0.25) is 4.79 Å². The second-order valence-electron chi connectivity index (χ2n) is 7.35. The first-order valence-electron chi connectivity index (χ1n) is 9.46. The smallest absolute Gasteiger partial charge is 0.251 e. The van der Waals surface area contributed by atoms with Crippen molar-refractivity contribution in [2.24, 2.45) is 5.92 Å². The van der Waals surface area contributed by atoms with Crippen LogP contribution in [-0.4, -0.2) is 61.6 Å². The Morgan fingerprint density at radius 2 is 2.04 bits per heavy atom. The molecular formula is C20H29FN2O2. The Labute approximate surface area is 149 Å². The Hall–Kier alpha value is -1.46. The summed E-state index contributed by atoms with van der Waals surface area (Å²) >= 11 is 0. The first kappa shape index (κ1) is 18.3.